The van der Waals surface area contributed by atoms with E-state index in [-0.39, 0.29) is 17.0 Å². The fourth-order valence-corrected chi connectivity index (χ4v) is 2.98. The summed E-state index contributed by atoms with van der Waals surface area (Å²) in [4.78, 5) is 29.3. The lowest BCUT2D eigenvalue weighted by atomic mass is 10.1. The summed E-state index contributed by atoms with van der Waals surface area (Å²) < 4.78 is 1.68. The molecule has 23 heavy (non-hydrogen) atoms. The molecule has 0 radical (unpaired) electrons. The Morgan fingerprint density at radius 3 is 2.61 bits per heavy atom. The third-order valence-corrected chi connectivity index (χ3v) is 4.44. The van der Waals surface area contributed by atoms with Crippen LogP contribution in [0.25, 0.3) is 10.9 Å². The number of fused-ring (bicyclic) bond motifs is 1. The first kappa shape index (κ1) is 16.0. The lowest BCUT2D eigenvalue weighted by Gasteiger charge is -2.32. The topological polar surface area (TPSA) is 58.4 Å². The molecule has 2 heterocycles. The number of piperazine rings is 1. The van der Waals surface area contributed by atoms with Crippen LogP contribution in [0, 0.1) is 0 Å². The number of carbonyl (C=O) groups is 1. The first-order valence-electron chi connectivity index (χ1n) is 7.69. The van der Waals surface area contributed by atoms with E-state index in [0.29, 0.717) is 35.6 Å². The molecule has 1 aliphatic heterocycles. The van der Waals surface area contributed by atoms with Gasteiger partial charge in [-0.1, -0.05) is 11.6 Å². The Hall–Kier alpha value is -1.92. The molecule has 122 valence electrons. The van der Waals surface area contributed by atoms with Gasteiger partial charge >= 0.3 is 0 Å². The molecular weight excluding hydrogens is 316 g/mol. The third-order valence-electron chi connectivity index (χ3n) is 4.21. The maximum atomic E-state index is 12.7. The second-order valence-corrected chi connectivity index (χ2v) is 6.19. The fraction of sp³-hybridized carbons (Fsp3) is 0.438. The zero-order valence-electron chi connectivity index (χ0n) is 13.3. The average molecular weight is 335 g/mol. The zero-order valence-corrected chi connectivity index (χ0v) is 14.0. The molecule has 3 rings (SSSR count). The molecule has 1 fully saturated rings. The molecule has 1 saturated heterocycles. The molecule has 0 spiro atoms. The summed E-state index contributed by atoms with van der Waals surface area (Å²) >= 11 is 6.01. The lowest BCUT2D eigenvalue weighted by Crippen LogP contribution is -2.48. The quantitative estimate of drug-likeness (QED) is 0.834. The van der Waals surface area contributed by atoms with Crippen molar-refractivity contribution in [3.8, 4) is 0 Å². The lowest BCUT2D eigenvalue weighted by molar-refractivity contribution is 0.0654. The van der Waals surface area contributed by atoms with Crippen LogP contribution in [-0.2, 0) is 6.54 Å². The summed E-state index contributed by atoms with van der Waals surface area (Å²) in [5.41, 5.74) is 0.319. The number of likely N-dealkylation sites (N-methyl/N-ethyl adjacent to an activating group) is 1. The second kappa shape index (κ2) is 6.29. The average Bonchev–Trinajstić information content (AvgIpc) is 2.56. The Balaban J connectivity index is 2.08. The van der Waals surface area contributed by atoms with E-state index in [1.165, 1.54) is 0 Å². The Labute approximate surface area is 139 Å². The molecule has 1 amide bonds. The van der Waals surface area contributed by atoms with Crippen LogP contribution in [0.1, 0.15) is 17.4 Å². The molecule has 7 heteroatoms. The van der Waals surface area contributed by atoms with E-state index >= 15 is 0 Å². The van der Waals surface area contributed by atoms with Crippen LogP contribution in [0.3, 0.4) is 0 Å². The van der Waals surface area contributed by atoms with Gasteiger partial charge in [0.15, 0.2) is 5.69 Å². The number of hydrogen-bond donors (Lipinski definition) is 0. The highest BCUT2D eigenvalue weighted by Gasteiger charge is 2.25. The van der Waals surface area contributed by atoms with E-state index in [1.54, 1.807) is 27.8 Å². The summed E-state index contributed by atoms with van der Waals surface area (Å²) in [6.07, 6.45) is 0. The van der Waals surface area contributed by atoms with E-state index in [2.05, 4.69) is 10.00 Å². The highest BCUT2D eigenvalue weighted by Crippen LogP contribution is 2.17. The molecule has 0 aliphatic carbocycles. The molecule has 0 saturated carbocycles. The number of benzene rings is 1. The molecule has 0 atom stereocenters. The van der Waals surface area contributed by atoms with Crippen molar-refractivity contribution in [3.05, 3.63) is 39.1 Å². The molecule has 6 nitrogen and oxygen atoms in total. The van der Waals surface area contributed by atoms with E-state index in [0.717, 1.165) is 13.1 Å². The first-order valence-corrected chi connectivity index (χ1v) is 8.07. The first-order chi connectivity index (χ1) is 11.0. The van der Waals surface area contributed by atoms with Crippen LogP contribution in [0.15, 0.2) is 23.0 Å². The molecule has 1 aromatic carbocycles. The van der Waals surface area contributed by atoms with E-state index in [4.69, 9.17) is 11.6 Å². The molecule has 2 aromatic rings. The molecule has 1 aromatic heterocycles. The van der Waals surface area contributed by atoms with Crippen molar-refractivity contribution >= 4 is 28.4 Å². The van der Waals surface area contributed by atoms with Gasteiger partial charge in [-0.3, -0.25) is 14.3 Å². The highest BCUT2D eigenvalue weighted by molar-refractivity contribution is 6.31. The summed E-state index contributed by atoms with van der Waals surface area (Å²) in [6, 6.07) is 5.09. The maximum absolute atomic E-state index is 12.7. The number of aryl methyl sites for hydroxylation is 1. The van der Waals surface area contributed by atoms with Crippen molar-refractivity contribution in [1.29, 1.82) is 0 Å². The number of nitrogens with zero attached hydrogens (tertiary/aromatic N) is 4. The number of halogens is 1. The van der Waals surface area contributed by atoms with Gasteiger partial charge in [0, 0.05) is 37.7 Å². The number of rotatable bonds is 2. The predicted molar refractivity (Wildman–Crippen MR) is 90.1 cm³/mol. The van der Waals surface area contributed by atoms with Gasteiger partial charge in [0.05, 0.1) is 10.9 Å². The smallest absolute Gasteiger partial charge is 0.278 e. The number of aromatic nitrogens is 2. The summed E-state index contributed by atoms with van der Waals surface area (Å²) in [7, 11) is 2.02. The predicted octanol–water partition coefficient (Wildman–Crippen LogP) is 1.46. The van der Waals surface area contributed by atoms with Gasteiger partial charge in [-0.15, -0.1) is 0 Å². The minimum absolute atomic E-state index is 0.0221. The van der Waals surface area contributed by atoms with Crippen molar-refractivity contribution in [2.24, 2.45) is 0 Å². The molecular formula is C16H19ClN4O2. The molecule has 0 N–H and O–H groups in total. The third kappa shape index (κ3) is 2.96. The van der Waals surface area contributed by atoms with Crippen molar-refractivity contribution in [3.63, 3.8) is 0 Å². The SMILES string of the molecule is CCn1nc(C(=O)N2CCN(C)CC2)c(=O)c2cc(Cl)ccc21. The van der Waals surface area contributed by atoms with E-state index in [9.17, 15) is 9.59 Å². The zero-order chi connectivity index (χ0) is 16.6. The Morgan fingerprint density at radius 2 is 1.96 bits per heavy atom. The van der Waals surface area contributed by atoms with Gasteiger partial charge in [0.25, 0.3) is 5.91 Å². The number of hydrogen-bond acceptors (Lipinski definition) is 4. The fourth-order valence-electron chi connectivity index (χ4n) is 2.80. The summed E-state index contributed by atoms with van der Waals surface area (Å²) in [5.74, 6) is -0.299. The summed E-state index contributed by atoms with van der Waals surface area (Å²) in [5, 5.41) is 5.21. The Bertz CT molecular complexity index is 810. The van der Waals surface area contributed by atoms with Crippen LogP contribution in [0.2, 0.25) is 5.02 Å². The van der Waals surface area contributed by atoms with Crippen LogP contribution < -0.4 is 5.43 Å². The Kier molecular flexibility index (Phi) is 4.37. The van der Waals surface area contributed by atoms with Gasteiger partial charge in [-0.05, 0) is 32.2 Å². The minimum atomic E-state index is -0.351. The number of amides is 1. The van der Waals surface area contributed by atoms with Crippen LogP contribution in [0.5, 0.6) is 0 Å². The van der Waals surface area contributed by atoms with Crippen molar-refractivity contribution in [1.82, 2.24) is 19.6 Å². The van der Waals surface area contributed by atoms with Gasteiger partial charge < -0.3 is 9.80 Å². The Morgan fingerprint density at radius 1 is 1.26 bits per heavy atom. The van der Waals surface area contributed by atoms with Gasteiger partial charge in [-0.25, -0.2) is 0 Å². The molecule has 0 unspecified atom stereocenters. The van der Waals surface area contributed by atoms with Gasteiger partial charge in [0.2, 0.25) is 5.43 Å². The van der Waals surface area contributed by atoms with Gasteiger partial charge in [-0.2, -0.15) is 5.10 Å². The van der Waals surface area contributed by atoms with E-state index in [1.807, 2.05) is 14.0 Å². The van der Waals surface area contributed by atoms with Crippen LogP contribution in [-0.4, -0.2) is 58.7 Å². The van der Waals surface area contributed by atoms with Crippen LogP contribution in [0.4, 0.5) is 0 Å². The van der Waals surface area contributed by atoms with Crippen molar-refractivity contribution in [2.75, 3.05) is 33.2 Å². The van der Waals surface area contributed by atoms with Crippen molar-refractivity contribution in [2.45, 2.75) is 13.5 Å². The molecule has 1 aliphatic rings. The number of carbonyl (C=O) groups excluding carboxylic acids is 1. The minimum Gasteiger partial charge on any atom is -0.335 e. The van der Waals surface area contributed by atoms with Crippen molar-refractivity contribution < 1.29 is 4.79 Å². The monoisotopic (exact) mass is 334 g/mol. The maximum Gasteiger partial charge on any atom is 0.278 e. The largest absolute Gasteiger partial charge is 0.335 e. The highest BCUT2D eigenvalue weighted by atomic mass is 35.5. The van der Waals surface area contributed by atoms with E-state index < -0.39 is 0 Å². The van der Waals surface area contributed by atoms with Crippen LogP contribution >= 0.6 is 11.6 Å². The summed E-state index contributed by atoms with van der Waals surface area (Å²) in [6.45, 7) is 5.31. The normalized spacial score (nSPS) is 16.0. The van der Waals surface area contributed by atoms with Gasteiger partial charge in [0.1, 0.15) is 0 Å². The second-order valence-electron chi connectivity index (χ2n) is 5.75. The standard InChI is InChI=1S/C16H19ClN4O2/c1-3-21-13-5-4-11(17)10-12(13)15(22)14(18-21)16(23)20-8-6-19(2)7-9-20/h4-5,10H,3,6-9H2,1-2H3. The molecule has 0 bridgehead atoms.